The van der Waals surface area contributed by atoms with Gasteiger partial charge in [-0.25, -0.2) is 4.98 Å². The number of rotatable bonds is 7. The second-order valence-electron chi connectivity index (χ2n) is 6.03. The molecule has 26 heavy (non-hydrogen) atoms. The van der Waals surface area contributed by atoms with Crippen molar-refractivity contribution in [2.24, 2.45) is 0 Å². The molecule has 0 aliphatic heterocycles. The van der Waals surface area contributed by atoms with Crippen LogP contribution < -0.4 is 10.1 Å². The van der Waals surface area contributed by atoms with Crippen LogP contribution in [0.15, 0.2) is 53.9 Å². The fraction of sp³-hybridized carbons (Fsp3) is 0.238. The molecule has 5 heteroatoms. The van der Waals surface area contributed by atoms with E-state index in [1.807, 2.05) is 60.8 Å². The molecular weight excluding hydrogens is 344 g/mol. The number of thiazole rings is 1. The molecule has 0 unspecified atom stereocenters. The van der Waals surface area contributed by atoms with Gasteiger partial charge in [0.15, 0.2) is 5.13 Å². The minimum Gasteiger partial charge on any atom is -0.494 e. The van der Waals surface area contributed by atoms with Gasteiger partial charge < -0.3 is 4.74 Å². The Morgan fingerprint density at radius 1 is 1.15 bits per heavy atom. The standard InChI is InChI=1S/C21H22N2O2S/c1-3-4-13-25-17-11-9-16(10-12-17)19-14-26-21(22-19)23-20(24)18-8-6-5-7-15(18)2/h5-12,14H,3-4,13H2,1-2H3,(H,22,23,24). The lowest BCUT2D eigenvalue weighted by molar-refractivity contribution is 0.102. The second kappa shape index (κ2) is 8.63. The Morgan fingerprint density at radius 3 is 2.65 bits per heavy atom. The number of carbonyl (C=O) groups excluding carboxylic acids is 1. The topological polar surface area (TPSA) is 51.2 Å². The second-order valence-corrected chi connectivity index (χ2v) is 6.89. The van der Waals surface area contributed by atoms with Crippen molar-refractivity contribution < 1.29 is 9.53 Å². The third kappa shape index (κ3) is 4.49. The molecule has 3 rings (SSSR count). The van der Waals surface area contributed by atoms with Crippen LogP contribution in [0.5, 0.6) is 5.75 Å². The monoisotopic (exact) mass is 366 g/mol. The summed E-state index contributed by atoms with van der Waals surface area (Å²) in [7, 11) is 0. The Morgan fingerprint density at radius 2 is 1.92 bits per heavy atom. The minimum atomic E-state index is -0.135. The van der Waals surface area contributed by atoms with Crippen LogP contribution in [-0.2, 0) is 0 Å². The molecule has 0 saturated heterocycles. The number of amides is 1. The predicted molar refractivity (Wildman–Crippen MR) is 107 cm³/mol. The summed E-state index contributed by atoms with van der Waals surface area (Å²) < 4.78 is 5.68. The first kappa shape index (κ1) is 18.1. The third-order valence-corrected chi connectivity index (χ3v) is 4.79. The highest BCUT2D eigenvalue weighted by Crippen LogP contribution is 2.27. The number of hydrogen-bond donors (Lipinski definition) is 1. The van der Waals surface area contributed by atoms with Gasteiger partial charge in [-0.1, -0.05) is 31.5 Å². The average Bonchev–Trinajstić information content (AvgIpc) is 3.11. The molecule has 4 nitrogen and oxygen atoms in total. The normalized spacial score (nSPS) is 10.5. The van der Waals surface area contributed by atoms with Crippen LogP contribution in [0.2, 0.25) is 0 Å². The summed E-state index contributed by atoms with van der Waals surface area (Å²) in [6.07, 6.45) is 2.17. The van der Waals surface area contributed by atoms with Gasteiger partial charge in [0.2, 0.25) is 0 Å². The van der Waals surface area contributed by atoms with E-state index < -0.39 is 0 Å². The molecule has 0 bridgehead atoms. The van der Waals surface area contributed by atoms with E-state index in [-0.39, 0.29) is 5.91 Å². The van der Waals surface area contributed by atoms with Gasteiger partial charge >= 0.3 is 0 Å². The van der Waals surface area contributed by atoms with Gasteiger partial charge in [0.1, 0.15) is 5.75 Å². The number of nitrogens with one attached hydrogen (secondary N) is 1. The number of aryl methyl sites for hydroxylation is 1. The van der Waals surface area contributed by atoms with Gasteiger partial charge in [-0.3, -0.25) is 10.1 Å². The molecule has 0 atom stereocenters. The van der Waals surface area contributed by atoms with E-state index >= 15 is 0 Å². The molecule has 0 saturated carbocycles. The van der Waals surface area contributed by atoms with Crippen LogP contribution >= 0.6 is 11.3 Å². The summed E-state index contributed by atoms with van der Waals surface area (Å²) in [5.74, 6) is 0.731. The van der Waals surface area contributed by atoms with E-state index in [2.05, 4.69) is 17.2 Å². The summed E-state index contributed by atoms with van der Waals surface area (Å²) >= 11 is 1.42. The van der Waals surface area contributed by atoms with Crippen LogP contribution in [0.4, 0.5) is 5.13 Å². The minimum absolute atomic E-state index is 0.135. The molecule has 0 spiro atoms. The number of carbonyl (C=O) groups is 1. The van der Waals surface area contributed by atoms with Gasteiger partial charge in [0, 0.05) is 16.5 Å². The van der Waals surface area contributed by atoms with Crippen molar-refractivity contribution in [3.05, 3.63) is 65.0 Å². The number of nitrogens with zero attached hydrogens (tertiary/aromatic N) is 1. The van der Waals surface area contributed by atoms with Gasteiger partial charge in [0.25, 0.3) is 5.91 Å². The van der Waals surface area contributed by atoms with Crippen LogP contribution in [-0.4, -0.2) is 17.5 Å². The first-order valence-corrected chi connectivity index (χ1v) is 9.61. The summed E-state index contributed by atoms with van der Waals surface area (Å²) in [6, 6.07) is 15.4. The molecule has 0 aliphatic rings. The van der Waals surface area contributed by atoms with Crippen LogP contribution in [0.25, 0.3) is 11.3 Å². The molecule has 1 amide bonds. The Balaban J connectivity index is 1.66. The van der Waals surface area contributed by atoms with E-state index in [0.29, 0.717) is 10.7 Å². The SMILES string of the molecule is CCCCOc1ccc(-c2csc(NC(=O)c3ccccc3C)n2)cc1. The molecule has 0 radical (unpaired) electrons. The highest BCUT2D eigenvalue weighted by Gasteiger charge is 2.11. The third-order valence-electron chi connectivity index (χ3n) is 4.03. The lowest BCUT2D eigenvalue weighted by Gasteiger charge is -2.06. The van der Waals surface area contributed by atoms with Crippen molar-refractivity contribution in [1.29, 1.82) is 0 Å². The van der Waals surface area contributed by atoms with Crippen molar-refractivity contribution in [3.63, 3.8) is 0 Å². The Kier molecular flexibility index (Phi) is 6.02. The van der Waals surface area contributed by atoms with E-state index in [1.165, 1.54) is 11.3 Å². The van der Waals surface area contributed by atoms with Gasteiger partial charge in [0.05, 0.1) is 12.3 Å². The van der Waals surface area contributed by atoms with Crippen molar-refractivity contribution in [3.8, 4) is 17.0 Å². The lowest BCUT2D eigenvalue weighted by atomic mass is 10.1. The molecule has 1 aromatic heterocycles. The zero-order valence-corrected chi connectivity index (χ0v) is 15.8. The maximum Gasteiger partial charge on any atom is 0.257 e. The first-order chi connectivity index (χ1) is 12.7. The fourth-order valence-electron chi connectivity index (χ4n) is 2.51. The first-order valence-electron chi connectivity index (χ1n) is 8.73. The van der Waals surface area contributed by atoms with Gasteiger partial charge in [-0.15, -0.1) is 11.3 Å². The lowest BCUT2D eigenvalue weighted by Crippen LogP contribution is -2.12. The number of benzene rings is 2. The van der Waals surface area contributed by atoms with Crippen molar-refractivity contribution in [2.45, 2.75) is 26.7 Å². The number of aromatic nitrogens is 1. The van der Waals surface area contributed by atoms with Crippen molar-refractivity contribution in [2.75, 3.05) is 11.9 Å². The fourth-order valence-corrected chi connectivity index (χ4v) is 3.23. The van der Waals surface area contributed by atoms with E-state index in [1.54, 1.807) is 0 Å². The van der Waals surface area contributed by atoms with Crippen LogP contribution in [0.1, 0.15) is 35.7 Å². The number of hydrogen-bond acceptors (Lipinski definition) is 4. The molecular formula is C21H22N2O2S. The Hall–Kier alpha value is -2.66. The highest BCUT2D eigenvalue weighted by atomic mass is 32.1. The highest BCUT2D eigenvalue weighted by molar-refractivity contribution is 7.14. The molecule has 2 aromatic carbocycles. The average molecular weight is 366 g/mol. The van der Waals surface area contributed by atoms with Crippen molar-refractivity contribution >= 4 is 22.4 Å². The summed E-state index contributed by atoms with van der Waals surface area (Å²) in [5, 5.41) is 5.42. The Bertz CT molecular complexity index is 872. The molecule has 1 N–H and O–H groups in total. The number of unbranched alkanes of at least 4 members (excludes halogenated alkanes) is 1. The molecule has 1 heterocycles. The zero-order chi connectivity index (χ0) is 18.4. The maximum absolute atomic E-state index is 12.4. The van der Waals surface area contributed by atoms with E-state index in [4.69, 9.17) is 4.74 Å². The van der Waals surface area contributed by atoms with Crippen LogP contribution in [0.3, 0.4) is 0 Å². The van der Waals surface area contributed by atoms with Gasteiger partial charge in [-0.05, 0) is 49.2 Å². The van der Waals surface area contributed by atoms with E-state index in [0.717, 1.165) is 42.0 Å². The van der Waals surface area contributed by atoms with E-state index in [9.17, 15) is 4.79 Å². The van der Waals surface area contributed by atoms with Crippen molar-refractivity contribution in [1.82, 2.24) is 4.98 Å². The number of anilines is 1. The molecule has 0 fully saturated rings. The predicted octanol–water partition coefficient (Wildman–Crippen LogP) is 5.55. The summed E-state index contributed by atoms with van der Waals surface area (Å²) in [6.45, 7) is 4.80. The summed E-state index contributed by atoms with van der Waals surface area (Å²) in [4.78, 5) is 16.9. The largest absolute Gasteiger partial charge is 0.494 e. The maximum atomic E-state index is 12.4. The summed E-state index contributed by atoms with van der Waals surface area (Å²) in [5.41, 5.74) is 3.45. The molecule has 3 aromatic rings. The van der Waals surface area contributed by atoms with Crippen LogP contribution in [0, 0.1) is 6.92 Å². The van der Waals surface area contributed by atoms with Gasteiger partial charge in [-0.2, -0.15) is 0 Å². The smallest absolute Gasteiger partial charge is 0.257 e. The molecule has 0 aliphatic carbocycles. The zero-order valence-electron chi connectivity index (χ0n) is 15.0. The Labute approximate surface area is 157 Å². The quantitative estimate of drug-likeness (QED) is 0.558. The number of ether oxygens (including phenoxy) is 1. The molecule has 134 valence electrons.